The molecule has 0 saturated carbocycles. The fraction of sp³-hybridized carbons (Fsp3) is 0.267. The van der Waals surface area contributed by atoms with E-state index in [0.29, 0.717) is 41.0 Å². The third-order valence-electron chi connectivity index (χ3n) is 3.78. The van der Waals surface area contributed by atoms with Gasteiger partial charge < -0.3 is 9.80 Å². The average Bonchev–Trinajstić information content (AvgIpc) is 2.53. The van der Waals surface area contributed by atoms with Crippen molar-refractivity contribution >= 4 is 23.2 Å². The maximum atomic E-state index is 9.08. The van der Waals surface area contributed by atoms with E-state index in [1.807, 2.05) is 29.0 Å². The van der Waals surface area contributed by atoms with E-state index >= 15 is 0 Å². The second-order valence-electron chi connectivity index (χ2n) is 5.15. The van der Waals surface area contributed by atoms with Gasteiger partial charge in [-0.1, -0.05) is 11.6 Å². The Balaban J connectivity index is 1.72. The van der Waals surface area contributed by atoms with Crippen molar-refractivity contribution in [2.45, 2.75) is 6.04 Å². The number of hydrogen-bond donors (Lipinski definition) is 0. The molecule has 23 heavy (non-hydrogen) atoms. The standard InChI is InChI=1S/C15H12ClN7/c1-22(14-12(16)4-10(5-17)7-21-14)11-8-23(9-11)15-13(6-18)19-2-3-20-15/h2-4,7,11H,8-9H2,1H3. The van der Waals surface area contributed by atoms with Crippen LogP contribution in [-0.4, -0.2) is 41.1 Å². The van der Waals surface area contributed by atoms with Crippen molar-refractivity contribution in [1.82, 2.24) is 15.0 Å². The normalized spacial score (nSPS) is 13.8. The van der Waals surface area contributed by atoms with Crippen molar-refractivity contribution in [2.75, 3.05) is 29.9 Å². The monoisotopic (exact) mass is 325 g/mol. The lowest BCUT2D eigenvalue weighted by atomic mass is 10.1. The van der Waals surface area contributed by atoms with Gasteiger partial charge >= 0.3 is 0 Å². The summed E-state index contributed by atoms with van der Waals surface area (Å²) in [6.45, 7) is 1.39. The maximum absolute atomic E-state index is 9.08. The van der Waals surface area contributed by atoms with Crippen molar-refractivity contribution in [2.24, 2.45) is 0 Å². The van der Waals surface area contributed by atoms with Crippen molar-refractivity contribution in [3.63, 3.8) is 0 Å². The molecule has 1 fully saturated rings. The molecule has 0 unspecified atom stereocenters. The molecule has 0 spiro atoms. The highest BCUT2D eigenvalue weighted by Crippen LogP contribution is 2.29. The zero-order valence-corrected chi connectivity index (χ0v) is 13.1. The second-order valence-corrected chi connectivity index (χ2v) is 5.56. The van der Waals surface area contributed by atoms with Crippen LogP contribution in [0.5, 0.6) is 0 Å². The van der Waals surface area contributed by atoms with Crippen LogP contribution in [0.4, 0.5) is 11.6 Å². The lowest BCUT2D eigenvalue weighted by Crippen LogP contribution is -2.59. The number of aromatic nitrogens is 3. The molecule has 114 valence electrons. The molecule has 0 aromatic carbocycles. The minimum Gasteiger partial charge on any atom is -0.352 e. The van der Waals surface area contributed by atoms with Gasteiger partial charge in [0.15, 0.2) is 11.5 Å². The van der Waals surface area contributed by atoms with Gasteiger partial charge in [-0.2, -0.15) is 10.5 Å². The van der Waals surface area contributed by atoms with Crippen LogP contribution in [0.2, 0.25) is 5.02 Å². The SMILES string of the molecule is CN(c1ncc(C#N)cc1Cl)C1CN(c2nccnc2C#N)C1. The Hall–Kier alpha value is -2.90. The second kappa shape index (κ2) is 6.07. The van der Waals surface area contributed by atoms with Crippen LogP contribution in [0.15, 0.2) is 24.7 Å². The van der Waals surface area contributed by atoms with Crippen LogP contribution >= 0.6 is 11.6 Å². The highest BCUT2D eigenvalue weighted by molar-refractivity contribution is 6.33. The smallest absolute Gasteiger partial charge is 0.183 e. The number of likely N-dealkylation sites (N-methyl/N-ethyl adjacent to an activating group) is 1. The summed E-state index contributed by atoms with van der Waals surface area (Å²) in [5, 5.41) is 18.4. The summed E-state index contributed by atoms with van der Waals surface area (Å²) in [5.74, 6) is 1.23. The molecule has 0 aliphatic carbocycles. The Morgan fingerprint density at radius 3 is 2.61 bits per heavy atom. The lowest BCUT2D eigenvalue weighted by molar-refractivity contribution is 0.488. The van der Waals surface area contributed by atoms with E-state index in [2.05, 4.69) is 15.0 Å². The molecule has 0 amide bonds. The van der Waals surface area contributed by atoms with Gasteiger partial charge in [-0.3, -0.25) is 0 Å². The molecule has 1 aliphatic rings. The van der Waals surface area contributed by atoms with E-state index in [4.69, 9.17) is 22.1 Å². The third kappa shape index (κ3) is 2.75. The molecule has 0 radical (unpaired) electrons. The van der Waals surface area contributed by atoms with Crippen LogP contribution in [0, 0.1) is 22.7 Å². The van der Waals surface area contributed by atoms with Gasteiger partial charge in [-0.15, -0.1) is 0 Å². The number of rotatable bonds is 3. The number of halogens is 1. The number of nitrogens with zero attached hydrogens (tertiary/aromatic N) is 7. The first-order chi connectivity index (χ1) is 11.1. The maximum Gasteiger partial charge on any atom is 0.183 e. The number of pyridine rings is 1. The minimum absolute atomic E-state index is 0.196. The number of hydrogen-bond acceptors (Lipinski definition) is 7. The summed E-state index contributed by atoms with van der Waals surface area (Å²) in [4.78, 5) is 16.5. The summed E-state index contributed by atoms with van der Waals surface area (Å²) < 4.78 is 0. The van der Waals surface area contributed by atoms with E-state index in [1.54, 1.807) is 12.3 Å². The molecule has 8 heteroatoms. The van der Waals surface area contributed by atoms with Gasteiger partial charge in [-0.25, -0.2) is 15.0 Å². The molecular weight excluding hydrogens is 314 g/mol. The predicted molar refractivity (Wildman–Crippen MR) is 85.1 cm³/mol. The lowest BCUT2D eigenvalue weighted by Gasteiger charge is -2.45. The molecule has 7 nitrogen and oxygen atoms in total. The molecule has 2 aromatic rings. The Bertz CT molecular complexity index is 817. The first kappa shape index (κ1) is 15.0. The van der Waals surface area contributed by atoms with E-state index in [0.717, 1.165) is 0 Å². The van der Waals surface area contributed by atoms with Crippen LogP contribution in [0.3, 0.4) is 0 Å². The zero-order chi connectivity index (χ0) is 16.4. The van der Waals surface area contributed by atoms with Crippen molar-refractivity contribution in [3.8, 4) is 12.1 Å². The number of nitriles is 2. The summed E-state index contributed by atoms with van der Waals surface area (Å²) in [5.41, 5.74) is 0.753. The van der Waals surface area contributed by atoms with Gasteiger partial charge in [0.1, 0.15) is 18.0 Å². The third-order valence-corrected chi connectivity index (χ3v) is 4.06. The fourth-order valence-corrected chi connectivity index (χ4v) is 2.74. The first-order valence-corrected chi connectivity index (χ1v) is 7.26. The molecular formula is C15H12ClN7. The fourth-order valence-electron chi connectivity index (χ4n) is 2.44. The van der Waals surface area contributed by atoms with E-state index in [1.165, 1.54) is 12.4 Å². The Labute approximate surface area is 138 Å². The van der Waals surface area contributed by atoms with Crippen LogP contribution in [-0.2, 0) is 0 Å². The Kier molecular flexibility index (Phi) is 3.96. The first-order valence-electron chi connectivity index (χ1n) is 6.88. The average molecular weight is 326 g/mol. The summed E-state index contributed by atoms with van der Waals surface area (Å²) in [6.07, 6.45) is 4.59. The van der Waals surface area contributed by atoms with Crippen molar-refractivity contribution in [1.29, 1.82) is 10.5 Å². The van der Waals surface area contributed by atoms with Crippen LogP contribution < -0.4 is 9.80 Å². The molecule has 3 heterocycles. The molecule has 0 N–H and O–H groups in total. The quantitative estimate of drug-likeness (QED) is 0.846. The molecule has 2 aromatic heterocycles. The largest absolute Gasteiger partial charge is 0.352 e. The van der Waals surface area contributed by atoms with Gasteiger partial charge in [0.2, 0.25) is 0 Å². The zero-order valence-electron chi connectivity index (χ0n) is 12.3. The molecule has 1 aliphatic heterocycles. The molecule has 3 rings (SSSR count). The topological polar surface area (TPSA) is 92.7 Å². The highest BCUT2D eigenvalue weighted by Gasteiger charge is 2.33. The minimum atomic E-state index is 0.196. The molecule has 0 atom stereocenters. The van der Waals surface area contributed by atoms with E-state index < -0.39 is 0 Å². The summed E-state index contributed by atoms with van der Waals surface area (Å²) >= 11 is 6.19. The van der Waals surface area contributed by atoms with Crippen LogP contribution in [0.25, 0.3) is 0 Å². The van der Waals surface area contributed by atoms with Crippen molar-refractivity contribution < 1.29 is 0 Å². The Morgan fingerprint density at radius 1 is 1.22 bits per heavy atom. The van der Waals surface area contributed by atoms with E-state index in [-0.39, 0.29) is 6.04 Å². The van der Waals surface area contributed by atoms with Gasteiger partial charge in [0.05, 0.1) is 16.6 Å². The van der Waals surface area contributed by atoms with E-state index in [9.17, 15) is 0 Å². The van der Waals surface area contributed by atoms with Crippen LogP contribution in [0.1, 0.15) is 11.3 Å². The molecule has 0 bridgehead atoms. The predicted octanol–water partition coefficient (Wildman–Crippen LogP) is 1.59. The highest BCUT2D eigenvalue weighted by atomic mass is 35.5. The van der Waals surface area contributed by atoms with Gasteiger partial charge in [0, 0.05) is 38.7 Å². The van der Waals surface area contributed by atoms with Crippen molar-refractivity contribution in [3.05, 3.63) is 40.9 Å². The van der Waals surface area contributed by atoms with Gasteiger partial charge in [0.25, 0.3) is 0 Å². The van der Waals surface area contributed by atoms with Gasteiger partial charge in [-0.05, 0) is 6.07 Å². The number of anilines is 2. The Morgan fingerprint density at radius 2 is 1.96 bits per heavy atom. The summed E-state index contributed by atoms with van der Waals surface area (Å²) in [7, 11) is 1.91. The summed E-state index contributed by atoms with van der Waals surface area (Å²) in [6, 6.07) is 5.86. The molecule has 1 saturated heterocycles.